The van der Waals surface area contributed by atoms with Gasteiger partial charge >= 0.3 is 23.9 Å². The zero-order chi connectivity index (χ0) is 20.8. The van der Waals surface area contributed by atoms with E-state index in [-0.39, 0.29) is 19.6 Å². The van der Waals surface area contributed by atoms with E-state index >= 15 is 0 Å². The van der Waals surface area contributed by atoms with E-state index in [1.54, 1.807) is 0 Å². The Kier molecular flexibility index (Phi) is 10.7. The van der Waals surface area contributed by atoms with E-state index in [0.29, 0.717) is 25.3 Å². The summed E-state index contributed by atoms with van der Waals surface area (Å²) in [5.74, 6) is -3.08. The monoisotopic (exact) mass is 392 g/mol. The van der Waals surface area contributed by atoms with Gasteiger partial charge in [-0.05, 0) is 31.7 Å². The highest BCUT2D eigenvalue weighted by Gasteiger charge is 2.19. The molecule has 1 rings (SSSR count). The smallest absolute Gasteiger partial charge is 0.347 e. The van der Waals surface area contributed by atoms with Crippen LogP contribution in [0.1, 0.15) is 38.2 Å². The van der Waals surface area contributed by atoms with Crippen LogP contribution in [0.25, 0.3) is 0 Å². The molecular weight excluding hydrogens is 368 g/mol. The molecule has 1 aromatic rings. The molecule has 8 heteroatoms. The first-order valence-electron chi connectivity index (χ1n) is 8.86. The quantitative estimate of drug-likeness (QED) is 0.249. The fourth-order valence-corrected chi connectivity index (χ4v) is 2.06. The number of carbonyl (C=O) groups excluding carboxylic acids is 3. The molecule has 28 heavy (non-hydrogen) atoms. The molecule has 8 nitrogen and oxygen atoms in total. The molecule has 0 fully saturated rings. The van der Waals surface area contributed by atoms with Crippen LogP contribution in [0.5, 0.6) is 0 Å². The molecule has 0 aliphatic heterocycles. The number of hydrogen-bond donors (Lipinski definition) is 1. The molecule has 0 saturated carbocycles. The van der Waals surface area contributed by atoms with Crippen LogP contribution in [-0.2, 0) is 40.0 Å². The Hall–Kier alpha value is -3.16. The van der Waals surface area contributed by atoms with Crippen LogP contribution >= 0.6 is 0 Å². The molecular formula is C20H24O8. The Morgan fingerprint density at radius 2 is 1.71 bits per heavy atom. The van der Waals surface area contributed by atoms with E-state index in [9.17, 15) is 19.2 Å². The molecule has 0 aliphatic rings. The predicted molar refractivity (Wildman–Crippen MR) is 98.0 cm³/mol. The highest BCUT2D eigenvalue weighted by molar-refractivity contribution is 5.90. The Morgan fingerprint density at radius 1 is 1.00 bits per heavy atom. The van der Waals surface area contributed by atoms with Gasteiger partial charge in [-0.1, -0.05) is 30.3 Å². The minimum Gasteiger partial charge on any atom is -0.478 e. The van der Waals surface area contributed by atoms with E-state index in [0.717, 1.165) is 11.6 Å². The summed E-state index contributed by atoms with van der Waals surface area (Å²) in [4.78, 5) is 44.9. The standard InChI is InChI=1S/C20H24O8/c1-15(20(25)27-14-16-8-4-2-5-9-16)28-19(24)10-6-3-7-13-26-18(23)12-11-17(21)22/h2,4-5,8-9,11-12,15H,3,6-7,10,13-14H2,1H3,(H,21,22). The largest absolute Gasteiger partial charge is 0.478 e. The Balaban J connectivity index is 2.11. The number of carbonyl (C=O) groups is 4. The molecule has 0 radical (unpaired) electrons. The molecule has 1 unspecified atom stereocenters. The van der Waals surface area contributed by atoms with Gasteiger partial charge in [-0.15, -0.1) is 0 Å². The molecule has 1 atom stereocenters. The van der Waals surface area contributed by atoms with Crippen LogP contribution in [0.3, 0.4) is 0 Å². The van der Waals surface area contributed by atoms with Gasteiger partial charge in [0.05, 0.1) is 6.61 Å². The van der Waals surface area contributed by atoms with Crippen molar-refractivity contribution in [2.24, 2.45) is 0 Å². The summed E-state index contributed by atoms with van der Waals surface area (Å²) in [7, 11) is 0. The minimum atomic E-state index is -1.23. The number of rotatable bonds is 12. The first-order valence-corrected chi connectivity index (χ1v) is 8.86. The van der Waals surface area contributed by atoms with Crippen LogP contribution in [0.2, 0.25) is 0 Å². The molecule has 0 bridgehead atoms. The fourth-order valence-electron chi connectivity index (χ4n) is 2.06. The first kappa shape index (κ1) is 22.9. The van der Waals surface area contributed by atoms with Crippen molar-refractivity contribution in [2.45, 2.75) is 45.3 Å². The third kappa shape index (κ3) is 10.7. The van der Waals surface area contributed by atoms with Crippen LogP contribution in [0.4, 0.5) is 0 Å². The van der Waals surface area contributed by atoms with Gasteiger partial charge < -0.3 is 19.3 Å². The van der Waals surface area contributed by atoms with Gasteiger partial charge in [0, 0.05) is 18.6 Å². The molecule has 0 aromatic heterocycles. The number of carboxylic acid groups (broad SMARTS) is 1. The normalized spacial score (nSPS) is 11.6. The number of hydrogen-bond acceptors (Lipinski definition) is 7. The zero-order valence-electron chi connectivity index (χ0n) is 15.7. The summed E-state index contributed by atoms with van der Waals surface area (Å²) in [6, 6.07) is 9.17. The summed E-state index contributed by atoms with van der Waals surface area (Å²) in [5, 5.41) is 8.37. The number of carboxylic acids is 1. The van der Waals surface area contributed by atoms with Crippen molar-refractivity contribution in [1.82, 2.24) is 0 Å². The van der Waals surface area contributed by atoms with E-state index in [4.69, 9.17) is 19.3 Å². The highest BCUT2D eigenvalue weighted by atomic mass is 16.6. The van der Waals surface area contributed by atoms with Crippen molar-refractivity contribution in [2.75, 3.05) is 6.61 Å². The maximum absolute atomic E-state index is 11.8. The molecule has 1 aromatic carbocycles. The van der Waals surface area contributed by atoms with Crippen LogP contribution in [0.15, 0.2) is 42.5 Å². The molecule has 0 spiro atoms. The lowest BCUT2D eigenvalue weighted by atomic mass is 10.2. The van der Waals surface area contributed by atoms with Crippen molar-refractivity contribution < 1.29 is 38.5 Å². The third-order valence-electron chi connectivity index (χ3n) is 3.50. The van der Waals surface area contributed by atoms with Gasteiger partial charge in [0.1, 0.15) is 6.61 Å². The predicted octanol–water partition coefficient (Wildman–Crippen LogP) is 2.41. The third-order valence-corrected chi connectivity index (χ3v) is 3.50. The summed E-state index contributed by atoms with van der Waals surface area (Å²) < 4.78 is 14.9. The molecule has 0 heterocycles. The van der Waals surface area contributed by atoms with Crippen LogP contribution < -0.4 is 0 Å². The van der Waals surface area contributed by atoms with E-state index in [1.165, 1.54) is 6.92 Å². The van der Waals surface area contributed by atoms with Crippen LogP contribution in [0, 0.1) is 0 Å². The number of esters is 3. The maximum Gasteiger partial charge on any atom is 0.347 e. The van der Waals surface area contributed by atoms with Crippen molar-refractivity contribution in [3.05, 3.63) is 48.0 Å². The molecule has 152 valence electrons. The molecule has 0 aliphatic carbocycles. The van der Waals surface area contributed by atoms with Gasteiger partial charge in [-0.25, -0.2) is 14.4 Å². The second kappa shape index (κ2) is 13.1. The Morgan fingerprint density at radius 3 is 2.39 bits per heavy atom. The lowest BCUT2D eigenvalue weighted by Crippen LogP contribution is -2.26. The van der Waals surface area contributed by atoms with Gasteiger partial charge in [0.2, 0.25) is 0 Å². The second-order valence-electron chi connectivity index (χ2n) is 5.88. The number of benzene rings is 1. The van der Waals surface area contributed by atoms with E-state index < -0.39 is 30.0 Å². The van der Waals surface area contributed by atoms with E-state index in [2.05, 4.69) is 0 Å². The lowest BCUT2D eigenvalue weighted by Gasteiger charge is -2.13. The minimum absolute atomic E-state index is 0.113. The van der Waals surface area contributed by atoms with Crippen molar-refractivity contribution in [3.8, 4) is 0 Å². The highest BCUT2D eigenvalue weighted by Crippen LogP contribution is 2.07. The number of ether oxygens (including phenoxy) is 3. The Labute approximate surface area is 163 Å². The number of aliphatic carboxylic acids is 1. The van der Waals surface area contributed by atoms with Crippen molar-refractivity contribution in [1.29, 1.82) is 0 Å². The first-order chi connectivity index (χ1) is 13.4. The van der Waals surface area contributed by atoms with Gasteiger partial charge in [-0.3, -0.25) is 4.79 Å². The average molecular weight is 392 g/mol. The fraction of sp³-hybridized carbons (Fsp3) is 0.400. The van der Waals surface area contributed by atoms with Crippen molar-refractivity contribution in [3.63, 3.8) is 0 Å². The van der Waals surface area contributed by atoms with Gasteiger partial charge in [0.25, 0.3) is 0 Å². The summed E-state index contributed by atoms with van der Waals surface area (Å²) >= 11 is 0. The molecule has 0 saturated heterocycles. The number of unbranched alkanes of at least 4 members (excludes halogenated alkanes) is 2. The lowest BCUT2D eigenvalue weighted by molar-refractivity contribution is -0.167. The van der Waals surface area contributed by atoms with Gasteiger partial charge in [0.15, 0.2) is 6.10 Å². The molecule has 1 N–H and O–H groups in total. The average Bonchev–Trinajstić information content (AvgIpc) is 2.67. The van der Waals surface area contributed by atoms with Crippen molar-refractivity contribution >= 4 is 23.9 Å². The van der Waals surface area contributed by atoms with Gasteiger partial charge in [-0.2, -0.15) is 0 Å². The van der Waals surface area contributed by atoms with Crippen LogP contribution in [-0.4, -0.2) is 41.7 Å². The molecule has 0 amide bonds. The summed E-state index contributed by atoms with van der Waals surface area (Å²) in [6.07, 6.45) is 2.31. The maximum atomic E-state index is 11.8. The zero-order valence-corrected chi connectivity index (χ0v) is 15.7. The summed E-state index contributed by atoms with van der Waals surface area (Å²) in [5.41, 5.74) is 0.841. The topological polar surface area (TPSA) is 116 Å². The van der Waals surface area contributed by atoms with E-state index in [1.807, 2.05) is 30.3 Å². The Bertz CT molecular complexity index is 681. The SMILES string of the molecule is CC(OC(=O)CCCCCOC(=O)C=CC(=O)O)C(=O)OCc1ccccc1. The summed E-state index contributed by atoms with van der Waals surface area (Å²) in [6.45, 7) is 1.69. The second-order valence-corrected chi connectivity index (χ2v) is 5.88.